The van der Waals surface area contributed by atoms with Crippen molar-refractivity contribution in [2.75, 3.05) is 5.32 Å². The summed E-state index contributed by atoms with van der Waals surface area (Å²) in [6, 6.07) is 6.67. The van der Waals surface area contributed by atoms with Crippen LogP contribution >= 0.6 is 0 Å². The average molecular weight is 275 g/mol. The lowest BCUT2D eigenvalue weighted by molar-refractivity contribution is -0.123. The third-order valence-electron chi connectivity index (χ3n) is 4.49. The zero-order valence-corrected chi connectivity index (χ0v) is 12.6. The minimum atomic E-state index is 0.104. The van der Waals surface area contributed by atoms with E-state index in [1.807, 2.05) is 0 Å². The van der Waals surface area contributed by atoms with Gasteiger partial charge in [0.2, 0.25) is 5.91 Å². The maximum atomic E-state index is 12.5. The van der Waals surface area contributed by atoms with Gasteiger partial charge in [0.05, 0.1) is 0 Å². The Labute approximate surface area is 121 Å². The largest absolute Gasteiger partial charge is 0.508 e. The topological polar surface area (TPSA) is 49.3 Å². The molecule has 1 amide bonds. The minimum absolute atomic E-state index is 0.104. The Morgan fingerprint density at radius 3 is 2.50 bits per heavy atom. The number of rotatable bonds is 3. The molecule has 3 heteroatoms. The molecule has 0 saturated heterocycles. The number of hydrogen-bond donors (Lipinski definition) is 2. The van der Waals surface area contributed by atoms with Crippen LogP contribution in [0.2, 0.25) is 0 Å². The molecule has 3 unspecified atom stereocenters. The van der Waals surface area contributed by atoms with Crippen LogP contribution in [0.15, 0.2) is 24.3 Å². The number of benzene rings is 1. The quantitative estimate of drug-likeness (QED) is 0.818. The van der Waals surface area contributed by atoms with Gasteiger partial charge in [0.1, 0.15) is 5.75 Å². The van der Waals surface area contributed by atoms with Crippen LogP contribution in [0.25, 0.3) is 0 Å². The number of carbonyl (C=O) groups is 1. The molecule has 0 aromatic heterocycles. The summed E-state index contributed by atoms with van der Waals surface area (Å²) in [5.74, 6) is 2.09. The minimum Gasteiger partial charge on any atom is -0.508 e. The molecule has 1 fully saturated rings. The van der Waals surface area contributed by atoms with Gasteiger partial charge in [-0.25, -0.2) is 0 Å². The van der Waals surface area contributed by atoms with E-state index < -0.39 is 0 Å². The highest BCUT2D eigenvalue weighted by Gasteiger charge is 2.35. The lowest BCUT2D eigenvalue weighted by Crippen LogP contribution is -2.36. The van der Waals surface area contributed by atoms with Crippen LogP contribution in [-0.2, 0) is 4.79 Å². The average Bonchev–Trinajstić information content (AvgIpc) is 2.41. The van der Waals surface area contributed by atoms with Gasteiger partial charge in [-0.05, 0) is 54.9 Å². The van der Waals surface area contributed by atoms with E-state index in [1.54, 1.807) is 24.3 Å². The lowest BCUT2D eigenvalue weighted by atomic mass is 9.70. The predicted octanol–water partition coefficient (Wildman–Crippen LogP) is 4.04. The second-order valence-corrected chi connectivity index (χ2v) is 6.47. The third-order valence-corrected chi connectivity index (χ3v) is 4.49. The summed E-state index contributed by atoms with van der Waals surface area (Å²) in [7, 11) is 0. The first-order valence-corrected chi connectivity index (χ1v) is 7.57. The molecule has 1 saturated carbocycles. The second-order valence-electron chi connectivity index (χ2n) is 6.47. The van der Waals surface area contributed by atoms with E-state index in [-0.39, 0.29) is 17.6 Å². The van der Waals surface area contributed by atoms with Crippen LogP contribution < -0.4 is 5.32 Å². The smallest absolute Gasteiger partial charge is 0.227 e. The molecule has 1 aliphatic carbocycles. The maximum absolute atomic E-state index is 12.5. The number of phenolic OH excluding ortho intramolecular Hbond substituents is 1. The van der Waals surface area contributed by atoms with Crippen molar-refractivity contribution in [3.8, 4) is 5.75 Å². The van der Waals surface area contributed by atoms with Gasteiger partial charge in [-0.1, -0.05) is 27.2 Å². The monoisotopic (exact) mass is 275 g/mol. The first-order chi connectivity index (χ1) is 9.47. The number of carbonyl (C=O) groups excluding carboxylic acids is 1. The maximum Gasteiger partial charge on any atom is 0.227 e. The normalized spacial score (nSPS) is 26.5. The van der Waals surface area contributed by atoms with Crippen LogP contribution in [0, 0.1) is 23.7 Å². The van der Waals surface area contributed by atoms with Crippen molar-refractivity contribution < 1.29 is 9.90 Å². The van der Waals surface area contributed by atoms with Crippen molar-refractivity contribution in [2.45, 2.75) is 40.0 Å². The molecule has 1 aromatic rings. The molecule has 0 bridgehead atoms. The zero-order chi connectivity index (χ0) is 14.7. The van der Waals surface area contributed by atoms with Gasteiger partial charge in [0.25, 0.3) is 0 Å². The molecule has 3 atom stereocenters. The van der Waals surface area contributed by atoms with E-state index in [1.165, 1.54) is 6.42 Å². The van der Waals surface area contributed by atoms with Gasteiger partial charge in [-0.15, -0.1) is 0 Å². The number of hydrogen-bond acceptors (Lipinski definition) is 2. The Morgan fingerprint density at radius 2 is 1.90 bits per heavy atom. The Morgan fingerprint density at radius 1 is 1.25 bits per heavy atom. The number of nitrogens with one attached hydrogen (secondary N) is 1. The van der Waals surface area contributed by atoms with Crippen LogP contribution in [-0.4, -0.2) is 11.0 Å². The van der Waals surface area contributed by atoms with Crippen molar-refractivity contribution in [2.24, 2.45) is 23.7 Å². The SMILES string of the molecule is CC1CCC(C(C)C)C(C(=O)Nc2ccc(O)cc2)C1. The summed E-state index contributed by atoms with van der Waals surface area (Å²) >= 11 is 0. The van der Waals surface area contributed by atoms with E-state index in [4.69, 9.17) is 0 Å². The van der Waals surface area contributed by atoms with E-state index in [0.29, 0.717) is 17.8 Å². The molecule has 20 heavy (non-hydrogen) atoms. The first kappa shape index (κ1) is 14.9. The Kier molecular flexibility index (Phi) is 4.69. The molecule has 3 nitrogen and oxygen atoms in total. The summed E-state index contributed by atoms with van der Waals surface area (Å²) in [5, 5.41) is 12.3. The summed E-state index contributed by atoms with van der Waals surface area (Å²) < 4.78 is 0. The fourth-order valence-corrected chi connectivity index (χ4v) is 3.28. The van der Waals surface area contributed by atoms with Crippen molar-refractivity contribution in [3.05, 3.63) is 24.3 Å². The van der Waals surface area contributed by atoms with Gasteiger partial charge in [-0.2, -0.15) is 0 Å². The fraction of sp³-hybridized carbons (Fsp3) is 0.588. The highest BCUT2D eigenvalue weighted by Crippen LogP contribution is 2.38. The summed E-state index contributed by atoms with van der Waals surface area (Å²) in [5.41, 5.74) is 0.758. The number of amides is 1. The molecular weight excluding hydrogens is 250 g/mol. The van der Waals surface area contributed by atoms with Crippen molar-refractivity contribution in [1.29, 1.82) is 0 Å². The summed E-state index contributed by atoms with van der Waals surface area (Å²) in [4.78, 5) is 12.5. The van der Waals surface area contributed by atoms with Gasteiger partial charge in [-0.3, -0.25) is 4.79 Å². The number of aromatic hydroxyl groups is 1. The van der Waals surface area contributed by atoms with Crippen LogP contribution in [0.1, 0.15) is 40.0 Å². The van der Waals surface area contributed by atoms with E-state index in [0.717, 1.165) is 18.5 Å². The summed E-state index contributed by atoms with van der Waals surface area (Å²) in [6.07, 6.45) is 3.35. The first-order valence-electron chi connectivity index (χ1n) is 7.57. The number of anilines is 1. The van der Waals surface area contributed by atoms with Crippen LogP contribution in [0.5, 0.6) is 5.75 Å². The fourth-order valence-electron chi connectivity index (χ4n) is 3.28. The Bertz CT molecular complexity index is 453. The Balaban J connectivity index is 2.07. The Hall–Kier alpha value is -1.51. The molecule has 0 radical (unpaired) electrons. The van der Waals surface area contributed by atoms with Crippen molar-refractivity contribution in [1.82, 2.24) is 0 Å². The van der Waals surface area contributed by atoms with Gasteiger partial charge >= 0.3 is 0 Å². The highest BCUT2D eigenvalue weighted by molar-refractivity contribution is 5.92. The predicted molar refractivity (Wildman–Crippen MR) is 81.6 cm³/mol. The summed E-state index contributed by atoms with van der Waals surface area (Å²) in [6.45, 7) is 6.65. The number of phenols is 1. The molecule has 110 valence electrons. The molecule has 0 aliphatic heterocycles. The molecule has 2 N–H and O–H groups in total. The molecule has 0 heterocycles. The lowest BCUT2D eigenvalue weighted by Gasteiger charge is -2.36. The second kappa shape index (κ2) is 6.29. The molecular formula is C17H25NO2. The zero-order valence-electron chi connectivity index (χ0n) is 12.6. The third kappa shape index (κ3) is 3.53. The molecule has 0 spiro atoms. The highest BCUT2D eigenvalue weighted by atomic mass is 16.3. The molecule has 1 aromatic carbocycles. The molecule has 1 aliphatic rings. The van der Waals surface area contributed by atoms with Gasteiger partial charge in [0, 0.05) is 11.6 Å². The van der Waals surface area contributed by atoms with E-state index in [2.05, 4.69) is 26.1 Å². The van der Waals surface area contributed by atoms with E-state index in [9.17, 15) is 9.90 Å². The van der Waals surface area contributed by atoms with Crippen LogP contribution in [0.4, 0.5) is 5.69 Å². The van der Waals surface area contributed by atoms with Gasteiger partial charge < -0.3 is 10.4 Å². The van der Waals surface area contributed by atoms with Crippen molar-refractivity contribution in [3.63, 3.8) is 0 Å². The van der Waals surface area contributed by atoms with Crippen LogP contribution in [0.3, 0.4) is 0 Å². The van der Waals surface area contributed by atoms with E-state index >= 15 is 0 Å². The standard InChI is InChI=1S/C17H25NO2/c1-11(2)15-9-4-12(3)10-16(15)17(20)18-13-5-7-14(19)8-6-13/h5-8,11-12,15-16,19H,4,9-10H2,1-3H3,(H,18,20). The van der Waals surface area contributed by atoms with Crippen molar-refractivity contribution >= 4 is 11.6 Å². The molecule has 2 rings (SSSR count). The van der Waals surface area contributed by atoms with Gasteiger partial charge in [0.15, 0.2) is 0 Å².